The molecule has 18 heavy (non-hydrogen) atoms. The molecular weight excluding hydrogens is 240 g/mol. The molecule has 1 aromatic rings. The molecule has 0 aliphatic carbocycles. The molecule has 0 saturated carbocycles. The largest absolute Gasteiger partial charge is 0.481 e. The number of halogens is 2. The first-order valence-electron chi connectivity index (χ1n) is 5.87. The quantitative estimate of drug-likeness (QED) is 0.823. The highest BCUT2D eigenvalue weighted by Crippen LogP contribution is 2.29. The lowest BCUT2D eigenvalue weighted by atomic mass is 9.86. The number of carboxylic acid groups (broad SMARTS) is 1. The number of carboxylic acids is 1. The zero-order valence-electron chi connectivity index (χ0n) is 10.2. The first-order valence-corrected chi connectivity index (χ1v) is 5.87. The minimum atomic E-state index is -0.988. The van der Waals surface area contributed by atoms with Crippen molar-refractivity contribution in [3.05, 3.63) is 35.4 Å². The highest BCUT2D eigenvalue weighted by molar-refractivity contribution is 5.70. The molecule has 2 unspecified atom stereocenters. The Balaban J connectivity index is 2.92. The summed E-state index contributed by atoms with van der Waals surface area (Å²) in [5.41, 5.74) is 5.73. The van der Waals surface area contributed by atoms with Crippen LogP contribution in [0.15, 0.2) is 18.2 Å². The van der Waals surface area contributed by atoms with Gasteiger partial charge in [-0.25, -0.2) is 8.78 Å². The Morgan fingerprint density at radius 2 is 2.11 bits per heavy atom. The van der Waals surface area contributed by atoms with E-state index in [1.165, 1.54) is 12.1 Å². The van der Waals surface area contributed by atoms with Crippen LogP contribution >= 0.6 is 0 Å². The van der Waals surface area contributed by atoms with E-state index in [1.807, 2.05) is 6.92 Å². The SMILES string of the molecule is CCC(CC(CN)C(=O)O)c1ccc(F)cc1F. The summed E-state index contributed by atoms with van der Waals surface area (Å²) in [7, 11) is 0. The lowest BCUT2D eigenvalue weighted by Gasteiger charge is -2.19. The van der Waals surface area contributed by atoms with Crippen molar-refractivity contribution in [2.45, 2.75) is 25.7 Å². The van der Waals surface area contributed by atoms with Crippen LogP contribution in [0.25, 0.3) is 0 Å². The van der Waals surface area contributed by atoms with Crippen molar-refractivity contribution in [3.8, 4) is 0 Å². The van der Waals surface area contributed by atoms with Gasteiger partial charge in [0, 0.05) is 12.6 Å². The summed E-state index contributed by atoms with van der Waals surface area (Å²) in [5.74, 6) is -3.24. The van der Waals surface area contributed by atoms with Crippen LogP contribution in [0.3, 0.4) is 0 Å². The first-order chi connectivity index (χ1) is 8.49. The van der Waals surface area contributed by atoms with Crippen molar-refractivity contribution < 1.29 is 18.7 Å². The number of rotatable bonds is 6. The zero-order chi connectivity index (χ0) is 13.7. The fraction of sp³-hybridized carbons (Fsp3) is 0.462. The minimum Gasteiger partial charge on any atom is -0.481 e. The maximum Gasteiger partial charge on any atom is 0.307 e. The topological polar surface area (TPSA) is 63.3 Å². The number of aliphatic carboxylic acids is 1. The summed E-state index contributed by atoms with van der Waals surface area (Å²) in [4.78, 5) is 10.9. The molecule has 1 aromatic carbocycles. The molecule has 0 aliphatic rings. The second-order valence-corrected chi connectivity index (χ2v) is 4.28. The second kappa shape index (κ2) is 6.44. The third-order valence-corrected chi connectivity index (χ3v) is 3.10. The van der Waals surface area contributed by atoms with Crippen molar-refractivity contribution >= 4 is 5.97 Å². The third kappa shape index (κ3) is 3.50. The van der Waals surface area contributed by atoms with Crippen LogP contribution in [-0.2, 0) is 4.79 Å². The summed E-state index contributed by atoms with van der Waals surface area (Å²) in [6.45, 7) is 1.84. The maximum atomic E-state index is 13.6. The standard InChI is InChI=1S/C13H17F2NO2/c1-2-8(5-9(7-16)13(17)18)11-4-3-10(14)6-12(11)15/h3-4,6,8-9H,2,5,7,16H2,1H3,(H,17,18). The molecule has 0 saturated heterocycles. The molecule has 3 N–H and O–H groups in total. The normalized spacial score (nSPS) is 14.2. The van der Waals surface area contributed by atoms with Crippen LogP contribution in [0.4, 0.5) is 8.78 Å². The third-order valence-electron chi connectivity index (χ3n) is 3.10. The van der Waals surface area contributed by atoms with Crippen LogP contribution < -0.4 is 5.73 Å². The summed E-state index contributed by atoms with van der Waals surface area (Å²) < 4.78 is 26.4. The van der Waals surface area contributed by atoms with Crippen LogP contribution in [0.1, 0.15) is 31.2 Å². The molecule has 100 valence electrons. The minimum absolute atomic E-state index is 0.00858. The molecule has 2 atom stereocenters. The Kier molecular flexibility index (Phi) is 5.22. The lowest BCUT2D eigenvalue weighted by Crippen LogP contribution is -2.25. The van der Waals surface area contributed by atoms with Gasteiger partial charge >= 0.3 is 5.97 Å². The summed E-state index contributed by atoms with van der Waals surface area (Å²) in [6, 6.07) is 3.36. The molecule has 0 aromatic heterocycles. The summed E-state index contributed by atoms with van der Waals surface area (Å²) in [5, 5.41) is 8.94. The number of hydrogen-bond acceptors (Lipinski definition) is 2. The fourth-order valence-electron chi connectivity index (χ4n) is 1.99. The number of nitrogens with two attached hydrogens (primary N) is 1. The van der Waals surface area contributed by atoms with E-state index in [2.05, 4.69) is 0 Å². The van der Waals surface area contributed by atoms with Gasteiger partial charge in [-0.15, -0.1) is 0 Å². The van der Waals surface area contributed by atoms with Gasteiger partial charge in [0.1, 0.15) is 11.6 Å². The van der Waals surface area contributed by atoms with Gasteiger partial charge in [-0.1, -0.05) is 13.0 Å². The Hall–Kier alpha value is -1.49. The first kappa shape index (κ1) is 14.6. The van der Waals surface area contributed by atoms with Crippen molar-refractivity contribution in [1.82, 2.24) is 0 Å². The van der Waals surface area contributed by atoms with Gasteiger partial charge in [0.05, 0.1) is 5.92 Å². The van der Waals surface area contributed by atoms with E-state index in [9.17, 15) is 13.6 Å². The molecule has 0 amide bonds. The van der Waals surface area contributed by atoms with Gasteiger partial charge in [0.25, 0.3) is 0 Å². The lowest BCUT2D eigenvalue weighted by molar-refractivity contribution is -0.141. The van der Waals surface area contributed by atoms with E-state index < -0.39 is 23.5 Å². The summed E-state index contributed by atoms with van der Waals surface area (Å²) in [6.07, 6.45) is 0.831. The molecule has 0 heterocycles. The average Bonchev–Trinajstić information content (AvgIpc) is 2.31. The maximum absolute atomic E-state index is 13.6. The van der Waals surface area contributed by atoms with E-state index in [0.717, 1.165) is 6.07 Å². The highest BCUT2D eigenvalue weighted by Gasteiger charge is 2.23. The van der Waals surface area contributed by atoms with E-state index in [1.54, 1.807) is 0 Å². The number of hydrogen-bond donors (Lipinski definition) is 2. The van der Waals surface area contributed by atoms with Crippen LogP contribution in [-0.4, -0.2) is 17.6 Å². The van der Waals surface area contributed by atoms with E-state index in [0.29, 0.717) is 12.0 Å². The Morgan fingerprint density at radius 1 is 1.44 bits per heavy atom. The Labute approximate surface area is 105 Å². The van der Waals surface area contributed by atoms with Gasteiger partial charge in [-0.05, 0) is 30.4 Å². The van der Waals surface area contributed by atoms with Crippen LogP contribution in [0.5, 0.6) is 0 Å². The van der Waals surface area contributed by atoms with Crippen molar-refractivity contribution in [2.75, 3.05) is 6.54 Å². The van der Waals surface area contributed by atoms with Gasteiger partial charge in [-0.3, -0.25) is 4.79 Å². The van der Waals surface area contributed by atoms with E-state index >= 15 is 0 Å². The molecule has 0 radical (unpaired) electrons. The second-order valence-electron chi connectivity index (χ2n) is 4.28. The van der Waals surface area contributed by atoms with Crippen molar-refractivity contribution in [1.29, 1.82) is 0 Å². The van der Waals surface area contributed by atoms with Crippen molar-refractivity contribution in [2.24, 2.45) is 11.7 Å². The molecular formula is C13H17F2NO2. The number of benzene rings is 1. The zero-order valence-corrected chi connectivity index (χ0v) is 10.2. The number of carbonyl (C=O) groups is 1. The molecule has 5 heteroatoms. The molecule has 3 nitrogen and oxygen atoms in total. The predicted octanol–water partition coefficient (Wildman–Crippen LogP) is 2.51. The Bertz CT molecular complexity index is 423. The van der Waals surface area contributed by atoms with E-state index in [4.69, 9.17) is 10.8 Å². The molecule has 1 rings (SSSR count). The molecule has 0 spiro atoms. The molecule has 0 bridgehead atoms. The monoisotopic (exact) mass is 257 g/mol. The van der Waals surface area contributed by atoms with Crippen LogP contribution in [0.2, 0.25) is 0 Å². The predicted molar refractivity (Wildman–Crippen MR) is 64.2 cm³/mol. The molecule has 0 aliphatic heterocycles. The van der Waals surface area contributed by atoms with Gasteiger partial charge in [-0.2, -0.15) is 0 Å². The highest BCUT2D eigenvalue weighted by atomic mass is 19.1. The summed E-state index contributed by atoms with van der Waals surface area (Å²) >= 11 is 0. The van der Waals surface area contributed by atoms with Gasteiger partial charge < -0.3 is 10.8 Å². The molecule has 0 fully saturated rings. The smallest absolute Gasteiger partial charge is 0.307 e. The van der Waals surface area contributed by atoms with Gasteiger partial charge in [0.2, 0.25) is 0 Å². The van der Waals surface area contributed by atoms with Crippen LogP contribution in [0, 0.1) is 17.6 Å². The average molecular weight is 257 g/mol. The van der Waals surface area contributed by atoms with Crippen molar-refractivity contribution in [3.63, 3.8) is 0 Å². The fourth-order valence-corrected chi connectivity index (χ4v) is 1.99. The van der Waals surface area contributed by atoms with Gasteiger partial charge in [0.15, 0.2) is 0 Å². The van der Waals surface area contributed by atoms with E-state index in [-0.39, 0.29) is 18.9 Å². The Morgan fingerprint density at radius 3 is 2.56 bits per heavy atom.